The van der Waals surface area contributed by atoms with Crippen molar-refractivity contribution in [2.24, 2.45) is 0 Å². The van der Waals surface area contributed by atoms with Crippen LogP contribution in [0.1, 0.15) is 0 Å². The first-order valence-electron chi connectivity index (χ1n) is 0.654. The molecule has 31 valence electrons. The minimum atomic E-state index is -1.89. The average Bonchev–Trinajstić information content (AvgIpc) is 1.38. The molecule has 0 aromatic carbocycles. The summed E-state index contributed by atoms with van der Waals surface area (Å²) in [6, 6.07) is 0. The zero-order valence-corrected chi connectivity index (χ0v) is 6.52. The maximum atomic E-state index is 9.31. The molecule has 0 aliphatic rings. The van der Waals surface area contributed by atoms with Crippen LogP contribution in [0.2, 0.25) is 0 Å². The molecular formula is ClO2SW. The molecule has 5 heteroatoms. The third-order valence-electron chi connectivity index (χ3n) is 0.0514. The van der Waals surface area contributed by atoms with E-state index in [1.54, 1.807) is 0 Å². The van der Waals surface area contributed by atoms with E-state index in [4.69, 9.17) is 9.42 Å². The van der Waals surface area contributed by atoms with Crippen LogP contribution in [0.4, 0.5) is 0 Å². The molecule has 0 saturated heterocycles. The molecule has 0 unspecified atom stereocenters. The van der Waals surface area contributed by atoms with Crippen LogP contribution >= 0.6 is 9.42 Å². The van der Waals surface area contributed by atoms with Crippen LogP contribution in [0, 0.1) is 0 Å². The normalized spacial score (nSPS) is 6.60. The fourth-order valence-corrected chi connectivity index (χ4v) is 0. The fourth-order valence-electron chi connectivity index (χ4n) is 0. The minimum absolute atomic E-state index is 1.45. The van der Waals surface area contributed by atoms with Gasteiger partial charge in [0.15, 0.2) is 0 Å². The standard InChI is InChI=1S/ClH.O2S.W/c;1-3-2;/h1H;;/q;;+1/p-1. The SMILES string of the molecule is O=[S](=O)=[W][Cl]. The van der Waals surface area contributed by atoms with Crippen molar-refractivity contribution in [2.45, 2.75) is 0 Å². The molecule has 0 fully saturated rings. The second kappa shape index (κ2) is 3.01. The topological polar surface area (TPSA) is 34.1 Å². The summed E-state index contributed by atoms with van der Waals surface area (Å²) in [5.74, 6) is 0. The number of halogens is 1. The van der Waals surface area contributed by atoms with Crippen LogP contribution in [-0.4, -0.2) is 8.42 Å². The van der Waals surface area contributed by atoms with Gasteiger partial charge in [-0.25, -0.2) is 0 Å². The molecule has 0 heterocycles. The Balaban J connectivity index is 4.25. The molecule has 0 rings (SSSR count). The van der Waals surface area contributed by atoms with Crippen LogP contribution < -0.4 is 0 Å². The Kier molecular flexibility index (Phi) is 3.49. The Labute approximate surface area is 41.6 Å². The maximum absolute atomic E-state index is 9.31. The molecule has 0 saturated carbocycles. The summed E-state index contributed by atoms with van der Waals surface area (Å²) in [4.78, 5) is 0. The summed E-state index contributed by atoms with van der Waals surface area (Å²) in [7, 11) is 3.00. The first-order valence-corrected chi connectivity index (χ1v) is 8.88. The van der Waals surface area contributed by atoms with Crippen LogP contribution in [0.25, 0.3) is 0 Å². The van der Waals surface area contributed by atoms with Gasteiger partial charge in [0, 0.05) is 0 Å². The van der Waals surface area contributed by atoms with Gasteiger partial charge < -0.3 is 0 Å². The Hall–Kier alpha value is 0.798. The van der Waals surface area contributed by atoms with Gasteiger partial charge in [-0.15, -0.1) is 0 Å². The molecule has 0 spiro atoms. The van der Waals surface area contributed by atoms with Crippen LogP contribution in [0.3, 0.4) is 0 Å². The van der Waals surface area contributed by atoms with Crippen LogP contribution in [0.5, 0.6) is 0 Å². The predicted molar refractivity (Wildman–Crippen MR) is 14.8 cm³/mol. The zero-order chi connectivity index (χ0) is 4.28. The van der Waals surface area contributed by atoms with Gasteiger partial charge in [-0.1, -0.05) is 0 Å². The average molecular weight is 283 g/mol. The Bertz CT molecular complexity index is 113. The molecule has 0 aromatic rings. The predicted octanol–water partition coefficient (Wildman–Crippen LogP) is 0.0168. The quantitative estimate of drug-likeness (QED) is 0.628. The van der Waals surface area contributed by atoms with E-state index in [-0.39, 0.29) is 0 Å². The van der Waals surface area contributed by atoms with Gasteiger partial charge >= 0.3 is 41.4 Å². The monoisotopic (exact) mass is 283 g/mol. The van der Waals surface area contributed by atoms with E-state index in [0.717, 1.165) is 0 Å². The first-order chi connectivity index (χ1) is 2.27. The summed E-state index contributed by atoms with van der Waals surface area (Å²) in [5.41, 5.74) is 0. The van der Waals surface area contributed by atoms with Gasteiger partial charge in [0.25, 0.3) is 0 Å². The van der Waals surface area contributed by atoms with Gasteiger partial charge in [0.1, 0.15) is 0 Å². The summed E-state index contributed by atoms with van der Waals surface area (Å²) < 4.78 is 18.6. The van der Waals surface area contributed by atoms with E-state index in [1.807, 2.05) is 0 Å². The van der Waals surface area contributed by atoms with Crippen molar-refractivity contribution in [1.82, 2.24) is 0 Å². The summed E-state index contributed by atoms with van der Waals surface area (Å²) >= 11 is -1.45. The molecule has 0 aromatic heterocycles. The van der Waals surface area contributed by atoms with E-state index in [0.29, 0.717) is 0 Å². The van der Waals surface area contributed by atoms with Crippen molar-refractivity contribution >= 4 is 17.3 Å². The van der Waals surface area contributed by atoms with Gasteiger partial charge in [-0.05, 0) is 0 Å². The van der Waals surface area contributed by atoms with Crippen molar-refractivity contribution in [1.29, 1.82) is 0 Å². The molecule has 0 radical (unpaired) electrons. The Morgan fingerprint density at radius 3 is 1.80 bits per heavy atom. The van der Waals surface area contributed by atoms with Gasteiger partial charge in [0.2, 0.25) is 0 Å². The fraction of sp³-hybridized carbons (Fsp3) is 0. The number of hydrogen-bond donors (Lipinski definition) is 0. The van der Waals surface area contributed by atoms with Crippen molar-refractivity contribution < 1.29 is 24.1 Å². The molecule has 5 heavy (non-hydrogen) atoms. The first kappa shape index (κ1) is 5.80. The van der Waals surface area contributed by atoms with Crippen molar-refractivity contribution in [3.63, 3.8) is 0 Å². The number of hydrogen-bond acceptors (Lipinski definition) is 2. The van der Waals surface area contributed by atoms with Gasteiger partial charge in [-0.2, -0.15) is 0 Å². The number of rotatable bonds is 0. The third-order valence-corrected chi connectivity index (χ3v) is 3.79. The Morgan fingerprint density at radius 1 is 1.60 bits per heavy atom. The summed E-state index contributed by atoms with van der Waals surface area (Å²) in [5, 5.41) is 0. The van der Waals surface area contributed by atoms with Gasteiger partial charge in [-0.3, -0.25) is 0 Å². The van der Waals surface area contributed by atoms with E-state index < -0.39 is 23.6 Å². The molecule has 0 aliphatic carbocycles. The third kappa shape index (κ3) is 4.80. The van der Waals surface area contributed by atoms with Crippen molar-refractivity contribution in [3.05, 3.63) is 0 Å². The van der Waals surface area contributed by atoms with Crippen molar-refractivity contribution in [2.75, 3.05) is 0 Å². The van der Waals surface area contributed by atoms with E-state index in [9.17, 15) is 8.42 Å². The van der Waals surface area contributed by atoms with Crippen LogP contribution in [0.15, 0.2) is 0 Å². The molecule has 0 amide bonds. The molecule has 0 bridgehead atoms. The van der Waals surface area contributed by atoms with E-state index in [2.05, 4.69) is 0 Å². The van der Waals surface area contributed by atoms with Crippen molar-refractivity contribution in [3.8, 4) is 0 Å². The molecule has 0 atom stereocenters. The zero-order valence-electron chi connectivity index (χ0n) is 2.01. The van der Waals surface area contributed by atoms with E-state index >= 15 is 0 Å². The van der Waals surface area contributed by atoms with Crippen LogP contribution in [-0.2, 0) is 23.6 Å². The summed E-state index contributed by atoms with van der Waals surface area (Å²) in [6.45, 7) is 0. The molecular weight excluding hydrogens is 283 g/mol. The molecule has 2 nitrogen and oxygen atoms in total. The molecule has 0 N–H and O–H groups in total. The second-order valence-corrected chi connectivity index (χ2v) is 8.19. The molecule has 0 aliphatic heterocycles. The summed E-state index contributed by atoms with van der Waals surface area (Å²) in [6.07, 6.45) is 0. The van der Waals surface area contributed by atoms with E-state index in [1.165, 1.54) is 0 Å². The second-order valence-electron chi connectivity index (χ2n) is 0.267. The van der Waals surface area contributed by atoms with Gasteiger partial charge in [0.05, 0.1) is 0 Å². The Morgan fingerprint density at radius 2 is 1.80 bits per heavy atom.